The van der Waals surface area contributed by atoms with Gasteiger partial charge in [0.1, 0.15) is 23.6 Å². The minimum Gasteiger partial charge on any atom is -0.457 e. The summed E-state index contributed by atoms with van der Waals surface area (Å²) in [5.74, 6) is 1.14. The van der Waals surface area contributed by atoms with Crippen LogP contribution in [0.15, 0.2) is 79.1 Å². The van der Waals surface area contributed by atoms with Crippen molar-refractivity contribution < 1.29 is 19.1 Å². The third kappa shape index (κ3) is 6.76. The number of ether oxygens (including phenoxy) is 1. The van der Waals surface area contributed by atoms with Gasteiger partial charge < -0.3 is 19.8 Å². The van der Waals surface area contributed by atoms with E-state index in [-0.39, 0.29) is 18.1 Å². The molecule has 7 nitrogen and oxygen atoms in total. The number of nitrogens with zero attached hydrogens (tertiary/aromatic N) is 1. The van der Waals surface area contributed by atoms with Gasteiger partial charge in [0.25, 0.3) is 5.91 Å². The number of H-pyrrole nitrogens is 1. The Kier molecular flexibility index (Phi) is 8.03. The molecule has 0 saturated heterocycles. The molecule has 2 aromatic carbocycles. The monoisotopic (exact) mass is 481 g/mol. The van der Waals surface area contributed by atoms with E-state index in [0.717, 1.165) is 23.0 Å². The van der Waals surface area contributed by atoms with Crippen molar-refractivity contribution >= 4 is 18.0 Å². The Morgan fingerprint density at radius 1 is 0.972 bits per heavy atom. The second kappa shape index (κ2) is 11.8. The van der Waals surface area contributed by atoms with Crippen LogP contribution in [0.25, 0.3) is 11.4 Å². The molecule has 0 aliphatic heterocycles. The van der Waals surface area contributed by atoms with Gasteiger partial charge in [-0.3, -0.25) is 14.6 Å². The largest absolute Gasteiger partial charge is 0.457 e. The Balaban J connectivity index is 1.36. The van der Waals surface area contributed by atoms with Crippen molar-refractivity contribution in [1.82, 2.24) is 15.3 Å². The van der Waals surface area contributed by atoms with E-state index in [1.165, 1.54) is 0 Å². The smallest absolute Gasteiger partial charge is 0.252 e. The fourth-order valence-electron chi connectivity index (χ4n) is 3.79. The molecule has 1 amide bonds. The first-order valence-corrected chi connectivity index (χ1v) is 11.7. The number of aldehydes is 1. The summed E-state index contributed by atoms with van der Waals surface area (Å²) in [6.07, 6.45) is 5.05. The molecule has 36 heavy (non-hydrogen) atoms. The second-order valence-corrected chi connectivity index (χ2v) is 8.52. The van der Waals surface area contributed by atoms with E-state index >= 15 is 0 Å². The lowest BCUT2D eigenvalue weighted by molar-refractivity contribution is -0.117. The topological polar surface area (TPSA) is 101 Å². The summed E-state index contributed by atoms with van der Waals surface area (Å²) in [5.41, 5.74) is 4.86. The van der Waals surface area contributed by atoms with Gasteiger partial charge in [0.2, 0.25) is 0 Å². The SMILES string of the molecule is Cc1cccc(CC(=O)Cc2ccc(Oc3ccnc(-c4cc(C(=O)NCCC=O)c[nH]4)c3)cc2)c1. The van der Waals surface area contributed by atoms with Crippen molar-refractivity contribution in [3.63, 3.8) is 0 Å². The van der Waals surface area contributed by atoms with Crippen LogP contribution in [0.2, 0.25) is 0 Å². The van der Waals surface area contributed by atoms with Gasteiger partial charge in [-0.05, 0) is 42.3 Å². The zero-order chi connectivity index (χ0) is 25.3. The third-order valence-electron chi connectivity index (χ3n) is 5.54. The molecule has 2 N–H and O–H groups in total. The highest BCUT2D eigenvalue weighted by Gasteiger charge is 2.11. The average molecular weight is 482 g/mol. The van der Waals surface area contributed by atoms with Crippen LogP contribution in [-0.2, 0) is 22.4 Å². The van der Waals surface area contributed by atoms with Crippen LogP contribution in [0.3, 0.4) is 0 Å². The van der Waals surface area contributed by atoms with Crippen molar-refractivity contribution in [3.05, 3.63) is 101 Å². The number of rotatable bonds is 11. The van der Waals surface area contributed by atoms with E-state index in [0.29, 0.717) is 47.8 Å². The number of Topliss-reactive ketones (excluding diaryl/α,β-unsaturated/α-hetero) is 1. The third-order valence-corrected chi connectivity index (χ3v) is 5.54. The maximum atomic E-state index is 12.5. The fraction of sp³-hybridized carbons (Fsp3) is 0.172. The molecule has 0 saturated carbocycles. The molecule has 182 valence electrons. The van der Waals surface area contributed by atoms with Gasteiger partial charge in [-0.15, -0.1) is 0 Å². The molecular formula is C29H27N3O4. The number of ketones is 1. The van der Waals surface area contributed by atoms with Gasteiger partial charge >= 0.3 is 0 Å². The van der Waals surface area contributed by atoms with Gasteiger partial charge in [0.15, 0.2) is 0 Å². The minimum absolute atomic E-state index is 0.163. The first kappa shape index (κ1) is 24.6. The lowest BCUT2D eigenvalue weighted by Gasteiger charge is -2.08. The molecule has 7 heteroatoms. The highest BCUT2D eigenvalue weighted by atomic mass is 16.5. The lowest BCUT2D eigenvalue weighted by atomic mass is 10.0. The van der Waals surface area contributed by atoms with Crippen molar-refractivity contribution in [3.8, 4) is 22.9 Å². The maximum Gasteiger partial charge on any atom is 0.252 e. The van der Waals surface area contributed by atoms with Gasteiger partial charge in [-0.2, -0.15) is 0 Å². The molecule has 0 atom stereocenters. The second-order valence-electron chi connectivity index (χ2n) is 8.52. The minimum atomic E-state index is -0.260. The van der Waals surface area contributed by atoms with Crippen LogP contribution in [0.4, 0.5) is 0 Å². The molecule has 0 fully saturated rings. The van der Waals surface area contributed by atoms with E-state index in [4.69, 9.17) is 4.74 Å². The summed E-state index contributed by atoms with van der Waals surface area (Å²) in [4.78, 5) is 42.5. The summed E-state index contributed by atoms with van der Waals surface area (Å²) in [6, 6.07) is 20.7. The molecular weight excluding hydrogens is 454 g/mol. The van der Waals surface area contributed by atoms with E-state index < -0.39 is 0 Å². The number of hydrogen-bond donors (Lipinski definition) is 2. The zero-order valence-electron chi connectivity index (χ0n) is 20.0. The van der Waals surface area contributed by atoms with Crippen LogP contribution in [0, 0.1) is 6.92 Å². The number of benzene rings is 2. The molecule has 2 aromatic heterocycles. The van der Waals surface area contributed by atoms with Crippen LogP contribution in [-0.4, -0.2) is 34.5 Å². The molecule has 0 spiro atoms. The molecule has 0 aliphatic rings. The Bertz CT molecular complexity index is 1360. The fourth-order valence-corrected chi connectivity index (χ4v) is 3.79. The predicted octanol–water partition coefficient (Wildman–Crippen LogP) is 4.85. The normalized spacial score (nSPS) is 10.6. The molecule has 0 radical (unpaired) electrons. The summed E-state index contributed by atoms with van der Waals surface area (Å²) in [5, 5.41) is 2.68. The van der Waals surface area contributed by atoms with E-state index in [2.05, 4.69) is 15.3 Å². The first-order valence-electron chi connectivity index (χ1n) is 11.7. The molecule has 2 heterocycles. The standard InChI is InChI=1S/C29H27N3O4/c1-20-4-2-5-22(14-20)16-24(34)15-21-6-8-25(9-7-21)36-26-10-12-30-28(18-26)27-17-23(19-32-27)29(35)31-11-3-13-33/h2,4-10,12-14,17-19,32H,3,11,15-16H2,1H3,(H,31,35). The number of aromatic nitrogens is 2. The van der Waals surface area contributed by atoms with Crippen LogP contribution < -0.4 is 10.1 Å². The summed E-state index contributed by atoms with van der Waals surface area (Å²) in [7, 11) is 0. The Hall–Kier alpha value is -4.52. The van der Waals surface area contributed by atoms with Crippen LogP contribution >= 0.6 is 0 Å². The number of pyridine rings is 1. The number of aromatic amines is 1. The number of hydrogen-bond acceptors (Lipinski definition) is 5. The van der Waals surface area contributed by atoms with Gasteiger partial charge in [-0.25, -0.2) is 0 Å². The van der Waals surface area contributed by atoms with Gasteiger partial charge in [0, 0.05) is 44.3 Å². The number of aryl methyl sites for hydroxylation is 1. The highest BCUT2D eigenvalue weighted by molar-refractivity contribution is 5.95. The zero-order valence-corrected chi connectivity index (χ0v) is 20.0. The molecule has 4 rings (SSSR count). The molecule has 0 bridgehead atoms. The van der Waals surface area contributed by atoms with Crippen molar-refractivity contribution in [1.29, 1.82) is 0 Å². The highest BCUT2D eigenvalue weighted by Crippen LogP contribution is 2.26. The van der Waals surface area contributed by atoms with E-state index in [1.807, 2.05) is 55.5 Å². The number of carbonyl (C=O) groups excluding carboxylic acids is 3. The Morgan fingerprint density at radius 3 is 2.56 bits per heavy atom. The Morgan fingerprint density at radius 2 is 1.78 bits per heavy atom. The molecule has 0 aliphatic carbocycles. The van der Waals surface area contributed by atoms with Crippen LogP contribution in [0.5, 0.6) is 11.5 Å². The lowest BCUT2D eigenvalue weighted by Crippen LogP contribution is -2.24. The average Bonchev–Trinajstić information content (AvgIpc) is 3.36. The van der Waals surface area contributed by atoms with E-state index in [9.17, 15) is 14.4 Å². The predicted molar refractivity (Wildman–Crippen MR) is 137 cm³/mol. The van der Waals surface area contributed by atoms with Crippen molar-refractivity contribution in [2.75, 3.05) is 6.54 Å². The Labute approximate surface area is 209 Å². The van der Waals surface area contributed by atoms with Crippen molar-refractivity contribution in [2.45, 2.75) is 26.2 Å². The quantitative estimate of drug-likeness (QED) is 0.236. The summed E-state index contributed by atoms with van der Waals surface area (Å²) < 4.78 is 5.98. The van der Waals surface area contributed by atoms with Gasteiger partial charge in [0.05, 0.1) is 17.0 Å². The molecule has 4 aromatic rings. The number of nitrogens with one attached hydrogen (secondary N) is 2. The maximum absolute atomic E-state index is 12.5. The van der Waals surface area contributed by atoms with E-state index in [1.54, 1.807) is 30.6 Å². The number of carbonyl (C=O) groups is 3. The van der Waals surface area contributed by atoms with Gasteiger partial charge in [-0.1, -0.05) is 42.0 Å². The van der Waals surface area contributed by atoms with Crippen molar-refractivity contribution in [2.24, 2.45) is 0 Å². The van der Waals surface area contributed by atoms with Crippen LogP contribution in [0.1, 0.15) is 33.5 Å². The summed E-state index contributed by atoms with van der Waals surface area (Å²) >= 11 is 0. The molecule has 0 unspecified atom stereocenters. The first-order chi connectivity index (χ1) is 17.5. The summed E-state index contributed by atoms with van der Waals surface area (Å²) in [6.45, 7) is 2.32. The number of amides is 1.